The van der Waals surface area contributed by atoms with Crippen molar-refractivity contribution in [2.24, 2.45) is 0 Å². The van der Waals surface area contributed by atoms with Gasteiger partial charge < -0.3 is 24.3 Å². The van der Waals surface area contributed by atoms with E-state index in [-0.39, 0.29) is 18.2 Å². The molecule has 2 aliphatic heterocycles. The van der Waals surface area contributed by atoms with E-state index in [1.165, 1.54) is 0 Å². The van der Waals surface area contributed by atoms with Crippen LogP contribution in [0.15, 0.2) is 6.33 Å². The maximum atomic E-state index is 12.7. The number of hydrogen-bond acceptors (Lipinski definition) is 5. The lowest BCUT2D eigenvalue weighted by Gasteiger charge is -2.27. The highest BCUT2D eigenvalue weighted by atomic mass is 16.5. The second-order valence-electron chi connectivity index (χ2n) is 6.37. The van der Waals surface area contributed by atoms with Crippen LogP contribution in [0.25, 0.3) is 0 Å². The van der Waals surface area contributed by atoms with Crippen LogP contribution in [0.4, 0.5) is 4.79 Å². The van der Waals surface area contributed by atoms with Gasteiger partial charge in [-0.15, -0.1) is 10.2 Å². The molecule has 0 saturated carbocycles. The fraction of sp³-hybridized carbons (Fsp3) is 0.812. The topological polar surface area (TPSA) is 81.5 Å². The zero-order valence-corrected chi connectivity index (χ0v) is 14.3. The number of hydrogen-bond donors (Lipinski definition) is 1. The van der Waals surface area contributed by atoms with E-state index in [1.54, 1.807) is 6.33 Å². The van der Waals surface area contributed by atoms with Gasteiger partial charge in [0.1, 0.15) is 6.33 Å². The maximum Gasteiger partial charge on any atom is 0.317 e. The Hall–Kier alpha value is -1.67. The molecular weight excluding hydrogens is 310 g/mol. The Labute approximate surface area is 142 Å². The van der Waals surface area contributed by atoms with Gasteiger partial charge in [0.25, 0.3) is 0 Å². The third-order valence-electron chi connectivity index (χ3n) is 4.62. The molecule has 2 saturated heterocycles. The Morgan fingerprint density at radius 2 is 1.96 bits per heavy atom. The molecule has 134 valence electrons. The average molecular weight is 337 g/mol. The standard InChI is InChI=1S/C16H27N5O3/c1-2-20-12-18-19-15(20)9-17-16(22)21(10-13-5-3-7-23-13)11-14-6-4-8-24-14/h12-14H,2-11H2,1H3,(H,17,22). The van der Waals surface area contributed by atoms with Crippen molar-refractivity contribution in [1.82, 2.24) is 25.0 Å². The molecule has 8 heteroatoms. The number of amides is 2. The van der Waals surface area contributed by atoms with Crippen LogP contribution in [0.5, 0.6) is 0 Å². The van der Waals surface area contributed by atoms with Crippen LogP contribution in [0.1, 0.15) is 38.4 Å². The van der Waals surface area contributed by atoms with E-state index in [9.17, 15) is 4.79 Å². The Morgan fingerprint density at radius 1 is 1.29 bits per heavy atom. The highest BCUT2D eigenvalue weighted by Gasteiger charge is 2.27. The Balaban J connectivity index is 1.56. The minimum atomic E-state index is -0.0911. The Morgan fingerprint density at radius 3 is 2.50 bits per heavy atom. The fourth-order valence-corrected chi connectivity index (χ4v) is 3.26. The first-order chi connectivity index (χ1) is 11.8. The average Bonchev–Trinajstić information content (AvgIpc) is 3.34. The normalized spacial score (nSPS) is 23.5. The Kier molecular flexibility index (Phi) is 6.03. The second kappa shape index (κ2) is 8.43. The molecule has 0 radical (unpaired) electrons. The molecule has 8 nitrogen and oxygen atoms in total. The van der Waals surface area contributed by atoms with Gasteiger partial charge in [0.15, 0.2) is 5.82 Å². The quantitative estimate of drug-likeness (QED) is 0.808. The smallest absolute Gasteiger partial charge is 0.317 e. The zero-order valence-electron chi connectivity index (χ0n) is 14.3. The molecule has 2 aliphatic rings. The van der Waals surface area contributed by atoms with Crippen LogP contribution in [0, 0.1) is 0 Å². The lowest BCUT2D eigenvalue weighted by Crippen LogP contribution is -2.47. The van der Waals surface area contributed by atoms with Gasteiger partial charge >= 0.3 is 6.03 Å². The van der Waals surface area contributed by atoms with Crippen LogP contribution in [-0.4, -0.2) is 64.2 Å². The molecule has 2 fully saturated rings. The molecule has 0 aromatic carbocycles. The predicted octanol–water partition coefficient (Wildman–Crippen LogP) is 1.17. The number of carbonyl (C=O) groups is 1. The van der Waals surface area contributed by atoms with E-state index in [1.807, 2.05) is 16.4 Å². The van der Waals surface area contributed by atoms with Crippen molar-refractivity contribution >= 4 is 6.03 Å². The van der Waals surface area contributed by atoms with Crippen molar-refractivity contribution < 1.29 is 14.3 Å². The largest absolute Gasteiger partial charge is 0.376 e. The number of aryl methyl sites for hydroxylation is 1. The summed E-state index contributed by atoms with van der Waals surface area (Å²) in [5.41, 5.74) is 0. The molecule has 3 heterocycles. The molecule has 2 unspecified atom stereocenters. The minimum absolute atomic E-state index is 0.0911. The van der Waals surface area contributed by atoms with Gasteiger partial charge in [0.05, 0.1) is 18.8 Å². The van der Waals surface area contributed by atoms with Crippen LogP contribution in [0.3, 0.4) is 0 Å². The van der Waals surface area contributed by atoms with Crippen molar-refractivity contribution in [3.63, 3.8) is 0 Å². The van der Waals surface area contributed by atoms with E-state index in [4.69, 9.17) is 9.47 Å². The summed E-state index contributed by atoms with van der Waals surface area (Å²) in [6.07, 6.45) is 6.11. The zero-order chi connectivity index (χ0) is 16.8. The molecule has 1 N–H and O–H groups in total. The van der Waals surface area contributed by atoms with Gasteiger partial charge in [0, 0.05) is 32.8 Å². The molecule has 0 spiro atoms. The SMILES string of the molecule is CCn1cnnc1CNC(=O)N(CC1CCCO1)CC1CCCO1. The summed E-state index contributed by atoms with van der Waals surface area (Å²) in [7, 11) is 0. The number of rotatable bonds is 7. The minimum Gasteiger partial charge on any atom is -0.376 e. The molecule has 0 aliphatic carbocycles. The van der Waals surface area contributed by atoms with Gasteiger partial charge in [-0.05, 0) is 32.6 Å². The number of nitrogens with one attached hydrogen (secondary N) is 1. The third-order valence-corrected chi connectivity index (χ3v) is 4.62. The van der Waals surface area contributed by atoms with Crippen molar-refractivity contribution in [3.8, 4) is 0 Å². The van der Waals surface area contributed by atoms with Crippen molar-refractivity contribution in [2.45, 2.75) is 57.9 Å². The number of nitrogens with zero attached hydrogens (tertiary/aromatic N) is 4. The molecule has 1 aromatic heterocycles. The van der Waals surface area contributed by atoms with Gasteiger partial charge in [0.2, 0.25) is 0 Å². The van der Waals surface area contributed by atoms with Crippen LogP contribution in [-0.2, 0) is 22.6 Å². The van der Waals surface area contributed by atoms with Gasteiger partial charge in [-0.2, -0.15) is 0 Å². The van der Waals surface area contributed by atoms with E-state index >= 15 is 0 Å². The Bertz CT molecular complexity index is 506. The number of aromatic nitrogens is 3. The lowest BCUT2D eigenvalue weighted by atomic mass is 10.2. The first-order valence-electron chi connectivity index (χ1n) is 8.89. The molecular formula is C16H27N5O3. The predicted molar refractivity (Wildman–Crippen MR) is 87.5 cm³/mol. The van der Waals surface area contributed by atoms with E-state index in [0.29, 0.717) is 19.6 Å². The molecule has 3 rings (SSSR count). The highest BCUT2D eigenvalue weighted by Crippen LogP contribution is 2.17. The molecule has 2 atom stereocenters. The maximum absolute atomic E-state index is 12.7. The highest BCUT2D eigenvalue weighted by molar-refractivity contribution is 5.74. The summed E-state index contributed by atoms with van der Waals surface area (Å²) in [5, 5.41) is 10.9. The van der Waals surface area contributed by atoms with E-state index in [2.05, 4.69) is 15.5 Å². The summed E-state index contributed by atoms with van der Waals surface area (Å²) < 4.78 is 13.3. The monoisotopic (exact) mass is 337 g/mol. The summed E-state index contributed by atoms with van der Waals surface area (Å²) in [6, 6.07) is -0.0911. The van der Waals surface area contributed by atoms with E-state index in [0.717, 1.165) is 51.3 Å². The summed E-state index contributed by atoms with van der Waals surface area (Å²) in [6.45, 7) is 6.00. The summed E-state index contributed by atoms with van der Waals surface area (Å²) in [4.78, 5) is 14.5. The van der Waals surface area contributed by atoms with Crippen LogP contribution >= 0.6 is 0 Å². The molecule has 24 heavy (non-hydrogen) atoms. The lowest BCUT2D eigenvalue weighted by molar-refractivity contribution is 0.0497. The summed E-state index contributed by atoms with van der Waals surface area (Å²) >= 11 is 0. The van der Waals surface area contributed by atoms with Crippen LogP contribution in [0.2, 0.25) is 0 Å². The first-order valence-corrected chi connectivity index (χ1v) is 8.89. The van der Waals surface area contributed by atoms with Gasteiger partial charge in [-0.25, -0.2) is 4.79 Å². The number of urea groups is 1. The second-order valence-corrected chi connectivity index (χ2v) is 6.37. The van der Waals surface area contributed by atoms with E-state index < -0.39 is 0 Å². The van der Waals surface area contributed by atoms with Crippen molar-refractivity contribution in [2.75, 3.05) is 26.3 Å². The fourth-order valence-electron chi connectivity index (χ4n) is 3.26. The number of ether oxygens (including phenoxy) is 2. The van der Waals surface area contributed by atoms with Crippen molar-refractivity contribution in [1.29, 1.82) is 0 Å². The number of carbonyl (C=O) groups excluding carboxylic acids is 1. The van der Waals surface area contributed by atoms with Crippen molar-refractivity contribution in [3.05, 3.63) is 12.2 Å². The van der Waals surface area contributed by atoms with Gasteiger partial charge in [-0.3, -0.25) is 0 Å². The third kappa shape index (κ3) is 4.45. The molecule has 2 amide bonds. The summed E-state index contributed by atoms with van der Waals surface area (Å²) in [5.74, 6) is 0.764. The molecule has 0 bridgehead atoms. The first kappa shape index (κ1) is 17.2. The van der Waals surface area contributed by atoms with Crippen LogP contribution < -0.4 is 5.32 Å². The molecule has 1 aromatic rings. The van der Waals surface area contributed by atoms with Gasteiger partial charge in [-0.1, -0.05) is 0 Å².